The van der Waals surface area contributed by atoms with E-state index in [1.54, 1.807) is 0 Å². The van der Waals surface area contributed by atoms with Gasteiger partial charge in [0.05, 0.1) is 6.54 Å². The zero-order valence-corrected chi connectivity index (χ0v) is 10.3. The van der Waals surface area contributed by atoms with Gasteiger partial charge in [0, 0.05) is 12.8 Å². The van der Waals surface area contributed by atoms with Crippen LogP contribution in [0.15, 0.2) is 0 Å². The lowest BCUT2D eigenvalue weighted by atomic mass is 10.2. The van der Waals surface area contributed by atoms with Crippen molar-refractivity contribution >= 4 is 19.3 Å². The normalized spacial score (nSPS) is 14.9. The molecule has 9 nitrogen and oxygen atoms in total. The van der Waals surface area contributed by atoms with Crippen LogP contribution in [0.2, 0.25) is 0 Å². The molecule has 0 radical (unpaired) electrons. The maximum Gasteiger partial charge on any atom is 0.341 e. The van der Waals surface area contributed by atoms with E-state index >= 15 is 0 Å². The predicted molar refractivity (Wildman–Crippen MR) is 60.2 cm³/mol. The number of carboxylic acid groups (broad SMARTS) is 1. The summed E-state index contributed by atoms with van der Waals surface area (Å²) in [5.41, 5.74) is 9.82. The fourth-order valence-corrected chi connectivity index (χ4v) is 1.34. The molecule has 102 valence electrons. The largest absolute Gasteiger partial charge is 0.480 e. The average Bonchev–Trinajstić information content (AvgIpc) is 2.24. The summed E-state index contributed by atoms with van der Waals surface area (Å²) >= 11 is 0. The fourth-order valence-electron chi connectivity index (χ4n) is 0.584. The van der Waals surface area contributed by atoms with Crippen LogP contribution >= 0.6 is 7.37 Å². The van der Waals surface area contributed by atoms with Crippen molar-refractivity contribution < 1.29 is 29.0 Å². The van der Waals surface area contributed by atoms with E-state index in [1.165, 1.54) is 6.66 Å². The summed E-state index contributed by atoms with van der Waals surface area (Å²) in [7, 11) is -3.10. The second-order valence-corrected chi connectivity index (χ2v) is 5.75. The molecule has 0 rings (SSSR count). The van der Waals surface area contributed by atoms with Gasteiger partial charge in [-0.1, -0.05) is 0 Å². The molecule has 0 spiro atoms. The van der Waals surface area contributed by atoms with Crippen molar-refractivity contribution in [1.29, 1.82) is 0 Å². The molecule has 0 aliphatic rings. The van der Waals surface area contributed by atoms with Gasteiger partial charge in [-0.05, 0) is 6.42 Å². The molecule has 0 amide bonds. The van der Waals surface area contributed by atoms with Crippen LogP contribution in [-0.2, 0) is 19.0 Å². The van der Waals surface area contributed by atoms with E-state index in [4.69, 9.17) is 15.7 Å². The number of hydrogen-bond donors (Lipinski definition) is 5. The van der Waals surface area contributed by atoms with Gasteiger partial charge in [-0.2, -0.15) is 5.90 Å². The molecule has 8 N–H and O–H groups in total. The third-order valence-corrected chi connectivity index (χ3v) is 2.54. The predicted octanol–water partition coefficient (Wildman–Crippen LogP) is -1.95. The molecule has 0 aliphatic carbocycles. The van der Waals surface area contributed by atoms with Crippen LogP contribution in [0.1, 0.15) is 6.42 Å². The molecule has 0 bridgehead atoms. The second kappa shape index (κ2) is 9.08. The first kappa shape index (κ1) is 18.4. The Morgan fingerprint density at radius 3 is 2.12 bits per heavy atom. The van der Waals surface area contributed by atoms with E-state index in [2.05, 4.69) is 16.5 Å². The van der Waals surface area contributed by atoms with Crippen LogP contribution in [0.5, 0.6) is 0 Å². The summed E-state index contributed by atoms with van der Waals surface area (Å²) in [6.07, 6.45) is 0.0869. The highest BCUT2D eigenvalue weighted by atomic mass is 31.2. The van der Waals surface area contributed by atoms with Crippen LogP contribution < -0.4 is 17.4 Å². The number of carbonyl (C=O) groups excluding carboxylic acids is 1. The highest BCUT2D eigenvalue weighted by molar-refractivity contribution is 7.57. The Labute approximate surface area is 98.3 Å². The van der Waals surface area contributed by atoms with Gasteiger partial charge in [0.25, 0.3) is 0 Å². The standard InChI is InChI=1S/C5H13N2O4P.C2H5NO2/c1-12(9,10)3-2-4(6)5(8)11-7;3-1-2(4)5/h4H,2-3,6-7H2,1H3,(H,9,10);1,3H2,(H,4,5). The summed E-state index contributed by atoms with van der Waals surface area (Å²) in [4.78, 5) is 32.5. The first-order valence-corrected chi connectivity index (χ1v) is 6.80. The van der Waals surface area contributed by atoms with E-state index in [-0.39, 0.29) is 19.1 Å². The molecule has 2 atom stereocenters. The smallest absolute Gasteiger partial charge is 0.341 e. The number of nitrogens with two attached hydrogens (primary N) is 3. The van der Waals surface area contributed by atoms with Crippen molar-refractivity contribution in [2.45, 2.75) is 12.5 Å². The van der Waals surface area contributed by atoms with Crippen molar-refractivity contribution in [3.63, 3.8) is 0 Å². The highest BCUT2D eigenvalue weighted by Gasteiger charge is 2.18. The summed E-state index contributed by atoms with van der Waals surface area (Å²) in [6.45, 7) is 0.924. The van der Waals surface area contributed by atoms with Crippen molar-refractivity contribution in [1.82, 2.24) is 0 Å². The molecular weight excluding hydrogens is 253 g/mol. The van der Waals surface area contributed by atoms with Gasteiger partial charge in [0.15, 0.2) is 7.37 Å². The van der Waals surface area contributed by atoms with E-state index in [0.29, 0.717) is 0 Å². The summed E-state index contributed by atoms with van der Waals surface area (Å²) in [5, 5.41) is 7.60. The SMILES string of the molecule is CP(=O)(O)CCC(N)C(=O)ON.NCC(=O)O. The minimum Gasteiger partial charge on any atom is -0.480 e. The topological polar surface area (TPSA) is 179 Å². The summed E-state index contributed by atoms with van der Waals surface area (Å²) in [5.74, 6) is 2.81. The Kier molecular flexibility index (Phi) is 9.82. The van der Waals surface area contributed by atoms with Crippen LogP contribution in [0.25, 0.3) is 0 Å². The maximum absolute atomic E-state index is 10.7. The minimum atomic E-state index is -3.10. The lowest BCUT2D eigenvalue weighted by molar-refractivity contribution is -0.145. The first-order chi connectivity index (χ1) is 7.64. The van der Waals surface area contributed by atoms with Gasteiger partial charge in [-0.25, -0.2) is 4.79 Å². The lowest BCUT2D eigenvalue weighted by Gasteiger charge is -2.09. The molecule has 0 aliphatic heterocycles. The summed E-state index contributed by atoms with van der Waals surface area (Å²) < 4.78 is 10.7. The van der Waals surface area contributed by atoms with Gasteiger partial charge in [-0.3, -0.25) is 9.36 Å². The second-order valence-electron chi connectivity index (χ2n) is 3.20. The van der Waals surface area contributed by atoms with Crippen LogP contribution in [0.4, 0.5) is 0 Å². The maximum atomic E-state index is 10.7. The molecule has 0 saturated heterocycles. The van der Waals surface area contributed by atoms with Gasteiger partial charge in [-0.15, -0.1) is 0 Å². The van der Waals surface area contributed by atoms with E-state index in [0.717, 1.165) is 0 Å². The van der Waals surface area contributed by atoms with E-state index in [9.17, 15) is 14.2 Å². The monoisotopic (exact) mass is 271 g/mol. The molecule has 0 heterocycles. The van der Waals surface area contributed by atoms with Crippen LogP contribution in [-0.4, -0.2) is 47.4 Å². The van der Waals surface area contributed by atoms with Crippen LogP contribution in [0.3, 0.4) is 0 Å². The van der Waals surface area contributed by atoms with Crippen molar-refractivity contribution in [2.75, 3.05) is 19.4 Å². The Bertz CT molecular complexity index is 291. The van der Waals surface area contributed by atoms with Crippen molar-refractivity contribution in [3.05, 3.63) is 0 Å². The molecule has 0 aromatic carbocycles. The molecule has 0 aromatic rings. The van der Waals surface area contributed by atoms with Crippen molar-refractivity contribution in [2.24, 2.45) is 17.4 Å². The number of aliphatic carboxylic acids is 1. The van der Waals surface area contributed by atoms with Crippen LogP contribution in [0, 0.1) is 0 Å². The van der Waals surface area contributed by atoms with Crippen molar-refractivity contribution in [3.8, 4) is 0 Å². The van der Waals surface area contributed by atoms with Gasteiger partial charge in [0.1, 0.15) is 6.04 Å². The molecule has 0 saturated carbocycles. The fraction of sp³-hybridized carbons (Fsp3) is 0.714. The molecule has 10 heteroatoms. The molecule has 2 unspecified atom stereocenters. The Balaban J connectivity index is 0. The van der Waals surface area contributed by atoms with Gasteiger partial charge in [0.2, 0.25) is 0 Å². The zero-order chi connectivity index (χ0) is 14.1. The number of hydrogen-bond acceptors (Lipinski definition) is 7. The van der Waals surface area contributed by atoms with Gasteiger partial charge < -0.3 is 26.3 Å². The Morgan fingerprint density at radius 1 is 1.47 bits per heavy atom. The summed E-state index contributed by atoms with van der Waals surface area (Å²) in [6, 6.07) is -0.921. The third-order valence-electron chi connectivity index (χ3n) is 1.45. The lowest BCUT2D eigenvalue weighted by Crippen LogP contribution is -2.34. The minimum absolute atomic E-state index is 0.0106. The molecule has 17 heavy (non-hydrogen) atoms. The zero-order valence-electron chi connectivity index (χ0n) is 9.41. The Hall–Kier alpha value is -0.990. The van der Waals surface area contributed by atoms with Gasteiger partial charge >= 0.3 is 11.9 Å². The number of rotatable bonds is 5. The number of carboxylic acids is 1. The molecule has 0 aromatic heterocycles. The number of carbonyl (C=O) groups is 2. The quantitative estimate of drug-likeness (QED) is 0.280. The van der Waals surface area contributed by atoms with E-state index < -0.39 is 25.3 Å². The van der Waals surface area contributed by atoms with E-state index in [1.807, 2.05) is 0 Å². The third kappa shape index (κ3) is 15.0. The molecule has 0 fully saturated rings. The first-order valence-electron chi connectivity index (χ1n) is 4.51. The highest BCUT2D eigenvalue weighted by Crippen LogP contribution is 2.35. The Morgan fingerprint density at radius 2 is 1.88 bits per heavy atom. The molecular formula is C7H18N3O6P. The average molecular weight is 271 g/mol.